The van der Waals surface area contributed by atoms with Gasteiger partial charge >= 0.3 is 0 Å². The Kier molecular flexibility index (Phi) is 3.74. The van der Waals surface area contributed by atoms with Crippen LogP contribution in [0.3, 0.4) is 0 Å². The molecule has 1 aliphatic heterocycles. The number of amides is 2. The molecule has 0 unspecified atom stereocenters. The van der Waals surface area contributed by atoms with Crippen molar-refractivity contribution < 1.29 is 9.59 Å². The molecule has 2 heterocycles. The number of rotatable bonds is 2. The molecule has 2 N–H and O–H groups in total. The van der Waals surface area contributed by atoms with Crippen LogP contribution in [0, 0.1) is 17.3 Å². The molecule has 100 valence electrons. The van der Waals surface area contributed by atoms with Crippen LogP contribution in [0.1, 0.15) is 30.7 Å². The molecule has 2 amide bonds. The highest BCUT2D eigenvalue weighted by molar-refractivity contribution is 7.10. The van der Waals surface area contributed by atoms with E-state index in [1.165, 1.54) is 16.2 Å². The fourth-order valence-corrected chi connectivity index (χ4v) is 2.87. The fraction of sp³-hybridized carbons (Fsp3) is 0.429. The van der Waals surface area contributed by atoms with E-state index in [4.69, 9.17) is 5.73 Å². The molecule has 0 saturated carbocycles. The Bertz CT molecular complexity index is 578. The van der Waals surface area contributed by atoms with E-state index in [0.29, 0.717) is 13.1 Å². The molecule has 0 atom stereocenters. The third-order valence-corrected chi connectivity index (χ3v) is 4.00. The first-order chi connectivity index (χ1) is 8.95. The summed E-state index contributed by atoms with van der Waals surface area (Å²) in [6, 6.07) is 1.89. The van der Waals surface area contributed by atoms with Crippen molar-refractivity contribution in [3.63, 3.8) is 0 Å². The Hall–Kier alpha value is -1.64. The summed E-state index contributed by atoms with van der Waals surface area (Å²) in [6.07, 6.45) is 0.279. The number of likely N-dealkylation sites (tertiary alicyclic amines) is 1. The number of hydrogen-bond acceptors (Lipinski definition) is 4. The maximum Gasteiger partial charge on any atom is 0.235 e. The Balaban J connectivity index is 2.21. The van der Waals surface area contributed by atoms with Crippen LogP contribution < -0.4 is 5.73 Å². The second-order valence-corrected chi connectivity index (χ2v) is 6.11. The Labute approximate surface area is 116 Å². The van der Waals surface area contributed by atoms with E-state index < -0.39 is 5.41 Å². The lowest BCUT2D eigenvalue weighted by Gasteiger charge is -2.17. The minimum atomic E-state index is -0.586. The molecule has 0 radical (unpaired) electrons. The number of hydrogen-bond donors (Lipinski definition) is 1. The van der Waals surface area contributed by atoms with Crippen LogP contribution in [-0.4, -0.2) is 23.3 Å². The van der Waals surface area contributed by atoms with Crippen LogP contribution in [0.15, 0.2) is 11.4 Å². The monoisotopic (exact) mass is 276 g/mol. The van der Waals surface area contributed by atoms with Gasteiger partial charge in [-0.25, -0.2) is 0 Å². The van der Waals surface area contributed by atoms with Crippen molar-refractivity contribution in [2.45, 2.75) is 26.8 Å². The van der Waals surface area contributed by atoms with E-state index in [1.54, 1.807) is 13.8 Å². The SMILES string of the molecule is CC1(C)CC(=O)N(Cc2sccc2C#CCN)C1=O. The lowest BCUT2D eigenvalue weighted by Crippen LogP contribution is -2.32. The zero-order valence-corrected chi connectivity index (χ0v) is 11.8. The molecule has 1 aromatic heterocycles. The van der Waals surface area contributed by atoms with E-state index in [9.17, 15) is 9.59 Å². The fourth-order valence-electron chi connectivity index (χ4n) is 2.05. The topological polar surface area (TPSA) is 63.4 Å². The quantitative estimate of drug-likeness (QED) is 0.655. The van der Waals surface area contributed by atoms with Crippen molar-refractivity contribution in [1.82, 2.24) is 4.90 Å². The lowest BCUT2D eigenvalue weighted by molar-refractivity contribution is -0.141. The van der Waals surface area contributed by atoms with E-state index in [2.05, 4.69) is 11.8 Å². The number of carbonyl (C=O) groups is 2. The number of nitrogens with zero attached hydrogens (tertiary/aromatic N) is 1. The average Bonchev–Trinajstić information content (AvgIpc) is 2.85. The third kappa shape index (κ3) is 2.70. The van der Waals surface area contributed by atoms with Gasteiger partial charge in [0.15, 0.2) is 0 Å². The van der Waals surface area contributed by atoms with Gasteiger partial charge in [0.05, 0.1) is 18.5 Å². The molecule has 1 aliphatic rings. The van der Waals surface area contributed by atoms with Crippen LogP contribution >= 0.6 is 11.3 Å². The number of thiophene rings is 1. The summed E-state index contributed by atoms with van der Waals surface area (Å²) >= 11 is 1.50. The van der Waals surface area contributed by atoms with Crippen LogP contribution in [0.25, 0.3) is 0 Å². The van der Waals surface area contributed by atoms with Gasteiger partial charge in [-0.3, -0.25) is 14.5 Å². The van der Waals surface area contributed by atoms with E-state index in [1.807, 2.05) is 11.4 Å². The molecule has 1 fully saturated rings. The summed E-state index contributed by atoms with van der Waals surface area (Å²) in [6.45, 7) is 4.21. The molecule has 0 bridgehead atoms. The molecule has 4 nitrogen and oxygen atoms in total. The van der Waals surface area contributed by atoms with Gasteiger partial charge in [0, 0.05) is 16.9 Å². The number of nitrogens with two attached hydrogens (primary N) is 1. The molecular weight excluding hydrogens is 260 g/mol. The van der Waals surface area contributed by atoms with Gasteiger partial charge in [-0.2, -0.15) is 0 Å². The Morgan fingerprint density at radius 2 is 2.21 bits per heavy atom. The van der Waals surface area contributed by atoms with Crippen LogP contribution in [0.5, 0.6) is 0 Å². The van der Waals surface area contributed by atoms with Crippen LogP contribution in [0.2, 0.25) is 0 Å². The normalized spacial score (nSPS) is 17.5. The van der Waals surface area contributed by atoms with Crippen molar-refractivity contribution in [1.29, 1.82) is 0 Å². The average molecular weight is 276 g/mol. The molecule has 5 heteroatoms. The van der Waals surface area contributed by atoms with Crippen LogP contribution in [0.4, 0.5) is 0 Å². The summed E-state index contributed by atoms with van der Waals surface area (Å²) < 4.78 is 0. The summed E-state index contributed by atoms with van der Waals surface area (Å²) in [5.74, 6) is 5.54. The smallest absolute Gasteiger partial charge is 0.235 e. The lowest BCUT2D eigenvalue weighted by atomic mass is 9.92. The minimum Gasteiger partial charge on any atom is -0.320 e. The maximum atomic E-state index is 12.1. The summed E-state index contributed by atoms with van der Waals surface area (Å²) in [5.41, 5.74) is 5.61. The molecule has 0 aromatic carbocycles. The molecule has 0 spiro atoms. The van der Waals surface area contributed by atoms with Gasteiger partial charge in [0.25, 0.3) is 0 Å². The first-order valence-electron chi connectivity index (χ1n) is 6.06. The van der Waals surface area contributed by atoms with Gasteiger partial charge in [0.2, 0.25) is 11.8 Å². The Morgan fingerprint density at radius 1 is 1.47 bits per heavy atom. The standard InChI is InChI=1S/C14H16N2O2S/c1-14(2)8-12(17)16(13(14)18)9-11-10(4-3-6-15)5-7-19-11/h5,7H,6,8-9,15H2,1-2H3. The molecule has 19 heavy (non-hydrogen) atoms. The van der Waals surface area contributed by atoms with Crippen molar-refractivity contribution in [3.05, 3.63) is 21.9 Å². The summed E-state index contributed by atoms with van der Waals surface area (Å²) in [4.78, 5) is 26.3. The molecule has 1 saturated heterocycles. The van der Waals surface area contributed by atoms with Crippen molar-refractivity contribution in [3.8, 4) is 11.8 Å². The third-order valence-electron chi connectivity index (χ3n) is 3.09. The van der Waals surface area contributed by atoms with Crippen LogP contribution in [-0.2, 0) is 16.1 Å². The first-order valence-corrected chi connectivity index (χ1v) is 6.94. The summed E-state index contributed by atoms with van der Waals surface area (Å²) in [5, 5.41) is 1.91. The molecular formula is C14H16N2O2S. The number of carbonyl (C=O) groups excluding carboxylic acids is 2. The van der Waals surface area contributed by atoms with E-state index in [0.717, 1.165) is 10.4 Å². The maximum absolute atomic E-state index is 12.1. The van der Waals surface area contributed by atoms with Gasteiger partial charge in [0.1, 0.15) is 0 Å². The first kappa shape index (κ1) is 13.8. The van der Waals surface area contributed by atoms with E-state index in [-0.39, 0.29) is 18.2 Å². The molecule has 2 rings (SSSR count). The number of imide groups is 1. The van der Waals surface area contributed by atoms with Gasteiger partial charge < -0.3 is 5.73 Å². The highest BCUT2D eigenvalue weighted by Gasteiger charge is 2.44. The highest BCUT2D eigenvalue weighted by atomic mass is 32.1. The van der Waals surface area contributed by atoms with Crippen molar-refractivity contribution >= 4 is 23.2 Å². The zero-order chi connectivity index (χ0) is 14.0. The van der Waals surface area contributed by atoms with E-state index >= 15 is 0 Å². The second kappa shape index (κ2) is 5.16. The van der Waals surface area contributed by atoms with Gasteiger partial charge in [-0.1, -0.05) is 25.7 Å². The predicted molar refractivity (Wildman–Crippen MR) is 74.2 cm³/mol. The summed E-state index contributed by atoms with van der Waals surface area (Å²) in [7, 11) is 0. The van der Waals surface area contributed by atoms with Crippen molar-refractivity contribution in [2.75, 3.05) is 6.54 Å². The Morgan fingerprint density at radius 3 is 2.79 bits per heavy atom. The zero-order valence-electron chi connectivity index (χ0n) is 11.0. The highest BCUT2D eigenvalue weighted by Crippen LogP contribution is 2.33. The predicted octanol–water partition coefficient (Wildman–Crippen LogP) is 1.34. The molecule has 1 aromatic rings. The van der Waals surface area contributed by atoms with Gasteiger partial charge in [-0.15, -0.1) is 11.3 Å². The minimum absolute atomic E-state index is 0.108. The van der Waals surface area contributed by atoms with Crippen molar-refractivity contribution in [2.24, 2.45) is 11.1 Å². The molecule has 0 aliphatic carbocycles. The largest absolute Gasteiger partial charge is 0.320 e. The van der Waals surface area contributed by atoms with Gasteiger partial charge in [-0.05, 0) is 11.4 Å². The second-order valence-electron chi connectivity index (χ2n) is 5.11.